The lowest BCUT2D eigenvalue weighted by Crippen LogP contribution is -2.17. The minimum Gasteiger partial charge on any atom is -0.497 e. The van der Waals surface area contributed by atoms with Crippen molar-refractivity contribution in [2.45, 2.75) is 25.1 Å². The zero-order valence-corrected chi connectivity index (χ0v) is 9.22. The molecule has 0 aromatic heterocycles. The highest BCUT2D eigenvalue weighted by Gasteiger charge is 2.28. The maximum atomic E-state index is 13.4. The molecule has 1 atom stereocenters. The number of alkyl halides is 3. The average Bonchev–Trinajstić information content (AvgIpc) is 2.25. The number of halogens is 4. The first kappa shape index (κ1) is 13.8. The molecule has 96 valence electrons. The van der Waals surface area contributed by atoms with E-state index in [4.69, 9.17) is 10.5 Å². The van der Waals surface area contributed by atoms with Gasteiger partial charge >= 0.3 is 6.18 Å². The van der Waals surface area contributed by atoms with Crippen LogP contribution in [0.1, 0.15) is 24.4 Å². The number of hydrogen-bond acceptors (Lipinski definition) is 2. The number of ether oxygens (including phenoxy) is 1. The van der Waals surface area contributed by atoms with Crippen LogP contribution in [0.25, 0.3) is 0 Å². The number of nitrogens with two attached hydrogens (primary N) is 1. The van der Waals surface area contributed by atoms with E-state index in [9.17, 15) is 17.6 Å². The molecule has 0 amide bonds. The summed E-state index contributed by atoms with van der Waals surface area (Å²) in [6.45, 7) is 0. The predicted molar refractivity (Wildman–Crippen MR) is 55.2 cm³/mol. The van der Waals surface area contributed by atoms with Gasteiger partial charge in [-0.25, -0.2) is 4.39 Å². The fourth-order valence-electron chi connectivity index (χ4n) is 1.41. The summed E-state index contributed by atoms with van der Waals surface area (Å²) in [5.41, 5.74) is 5.57. The predicted octanol–water partition coefficient (Wildman–Crippen LogP) is 3.18. The summed E-state index contributed by atoms with van der Waals surface area (Å²) in [6, 6.07) is 2.83. The quantitative estimate of drug-likeness (QED) is 0.834. The lowest BCUT2D eigenvalue weighted by atomic mass is 10.0. The van der Waals surface area contributed by atoms with Crippen LogP contribution >= 0.6 is 0 Å². The van der Waals surface area contributed by atoms with Gasteiger partial charge in [-0.3, -0.25) is 0 Å². The fourth-order valence-corrected chi connectivity index (χ4v) is 1.41. The molecule has 0 bridgehead atoms. The van der Waals surface area contributed by atoms with Crippen LogP contribution < -0.4 is 10.5 Å². The monoisotopic (exact) mass is 251 g/mol. The van der Waals surface area contributed by atoms with Crippen molar-refractivity contribution < 1.29 is 22.3 Å². The molecule has 2 nitrogen and oxygen atoms in total. The van der Waals surface area contributed by atoms with Crippen molar-refractivity contribution in [3.8, 4) is 5.75 Å². The first-order valence-corrected chi connectivity index (χ1v) is 4.99. The second kappa shape index (κ2) is 5.35. The molecule has 17 heavy (non-hydrogen) atoms. The van der Waals surface area contributed by atoms with E-state index < -0.39 is 24.5 Å². The maximum absolute atomic E-state index is 13.4. The third-order valence-corrected chi connectivity index (χ3v) is 2.34. The van der Waals surface area contributed by atoms with E-state index in [1.54, 1.807) is 0 Å². The lowest BCUT2D eigenvalue weighted by molar-refractivity contribution is -0.136. The fraction of sp³-hybridized carbons (Fsp3) is 0.455. The van der Waals surface area contributed by atoms with E-state index in [0.717, 1.165) is 6.07 Å². The molecule has 0 aliphatic rings. The SMILES string of the molecule is COc1ccc(F)c([C@@H](N)CCC(F)(F)F)c1. The maximum Gasteiger partial charge on any atom is 0.389 e. The molecule has 0 radical (unpaired) electrons. The van der Waals surface area contributed by atoms with E-state index >= 15 is 0 Å². The van der Waals surface area contributed by atoms with Gasteiger partial charge in [0.1, 0.15) is 11.6 Å². The highest BCUT2D eigenvalue weighted by atomic mass is 19.4. The molecule has 0 saturated heterocycles. The Labute approximate surface area is 96.4 Å². The third kappa shape index (κ3) is 4.22. The molecule has 0 aliphatic heterocycles. The topological polar surface area (TPSA) is 35.2 Å². The molecule has 0 heterocycles. The van der Waals surface area contributed by atoms with E-state index in [0.29, 0.717) is 5.75 Å². The molecular weight excluding hydrogens is 238 g/mol. The minimum absolute atomic E-state index is 0.0357. The van der Waals surface area contributed by atoms with Crippen LogP contribution in [0, 0.1) is 5.82 Å². The average molecular weight is 251 g/mol. The van der Waals surface area contributed by atoms with Gasteiger partial charge in [-0.2, -0.15) is 13.2 Å². The Bertz CT molecular complexity index is 378. The number of rotatable bonds is 4. The van der Waals surface area contributed by atoms with Gasteiger partial charge in [-0.1, -0.05) is 0 Å². The van der Waals surface area contributed by atoms with Gasteiger partial charge in [0, 0.05) is 18.0 Å². The summed E-state index contributed by atoms with van der Waals surface area (Å²) in [5, 5.41) is 0. The van der Waals surface area contributed by atoms with Crippen LogP contribution in [0.5, 0.6) is 5.75 Å². The van der Waals surface area contributed by atoms with Crippen molar-refractivity contribution in [2.75, 3.05) is 7.11 Å². The molecule has 0 aliphatic carbocycles. The summed E-state index contributed by atoms with van der Waals surface area (Å²) < 4.78 is 54.2. The molecule has 0 saturated carbocycles. The van der Waals surface area contributed by atoms with Crippen molar-refractivity contribution in [1.82, 2.24) is 0 Å². The van der Waals surface area contributed by atoms with Gasteiger partial charge in [-0.05, 0) is 24.6 Å². The van der Waals surface area contributed by atoms with Crippen molar-refractivity contribution in [3.05, 3.63) is 29.6 Å². The molecule has 1 rings (SSSR count). The van der Waals surface area contributed by atoms with E-state index in [-0.39, 0.29) is 12.0 Å². The summed E-state index contributed by atoms with van der Waals surface area (Å²) in [5.74, 6) is -0.260. The van der Waals surface area contributed by atoms with Crippen molar-refractivity contribution >= 4 is 0 Å². The summed E-state index contributed by atoms with van der Waals surface area (Å²) in [4.78, 5) is 0. The van der Waals surface area contributed by atoms with Gasteiger partial charge < -0.3 is 10.5 Å². The molecule has 1 aromatic carbocycles. The van der Waals surface area contributed by atoms with Gasteiger partial charge in [-0.15, -0.1) is 0 Å². The zero-order chi connectivity index (χ0) is 13.1. The van der Waals surface area contributed by atoms with Gasteiger partial charge in [0.15, 0.2) is 0 Å². The number of benzene rings is 1. The Morgan fingerprint density at radius 3 is 2.53 bits per heavy atom. The summed E-state index contributed by atoms with van der Waals surface area (Å²) >= 11 is 0. The van der Waals surface area contributed by atoms with Crippen molar-refractivity contribution in [1.29, 1.82) is 0 Å². The van der Waals surface area contributed by atoms with Gasteiger partial charge in [0.2, 0.25) is 0 Å². The van der Waals surface area contributed by atoms with Crippen LogP contribution in [-0.4, -0.2) is 13.3 Å². The standard InChI is InChI=1S/C11H13F4NO/c1-17-7-2-3-9(12)8(6-7)10(16)4-5-11(13,14)15/h2-3,6,10H,4-5,16H2,1H3/t10-/m0/s1. The largest absolute Gasteiger partial charge is 0.497 e. The normalized spacial score (nSPS) is 13.5. The Morgan fingerprint density at radius 2 is 2.00 bits per heavy atom. The molecule has 0 spiro atoms. The molecule has 6 heteroatoms. The minimum atomic E-state index is -4.28. The smallest absolute Gasteiger partial charge is 0.389 e. The summed E-state index contributed by atoms with van der Waals surface area (Å²) in [6.07, 6.45) is -5.68. The molecule has 2 N–H and O–H groups in total. The first-order valence-electron chi connectivity index (χ1n) is 4.99. The second-order valence-corrected chi connectivity index (χ2v) is 3.65. The lowest BCUT2D eigenvalue weighted by Gasteiger charge is -2.15. The highest BCUT2D eigenvalue weighted by molar-refractivity contribution is 5.31. The Morgan fingerprint density at radius 1 is 1.35 bits per heavy atom. The highest BCUT2D eigenvalue weighted by Crippen LogP contribution is 2.28. The van der Waals surface area contributed by atoms with Gasteiger partial charge in [0.05, 0.1) is 7.11 Å². The molecule has 0 unspecified atom stereocenters. The van der Waals surface area contributed by atoms with Crippen LogP contribution in [-0.2, 0) is 0 Å². The zero-order valence-electron chi connectivity index (χ0n) is 9.22. The van der Waals surface area contributed by atoms with Crippen LogP contribution in [0.3, 0.4) is 0 Å². The molecule has 0 fully saturated rings. The van der Waals surface area contributed by atoms with E-state index in [2.05, 4.69) is 0 Å². The number of methoxy groups -OCH3 is 1. The van der Waals surface area contributed by atoms with E-state index in [1.165, 1.54) is 19.2 Å². The van der Waals surface area contributed by atoms with E-state index in [1.807, 2.05) is 0 Å². The third-order valence-electron chi connectivity index (χ3n) is 2.34. The first-order chi connectivity index (χ1) is 7.83. The second-order valence-electron chi connectivity index (χ2n) is 3.65. The van der Waals surface area contributed by atoms with Crippen LogP contribution in [0.15, 0.2) is 18.2 Å². The molecule has 1 aromatic rings. The Hall–Kier alpha value is -1.30. The Kier molecular flexibility index (Phi) is 4.34. The van der Waals surface area contributed by atoms with Crippen LogP contribution in [0.2, 0.25) is 0 Å². The van der Waals surface area contributed by atoms with Crippen molar-refractivity contribution in [3.63, 3.8) is 0 Å². The number of hydrogen-bond donors (Lipinski definition) is 1. The summed E-state index contributed by atoms with van der Waals surface area (Å²) in [7, 11) is 1.39. The van der Waals surface area contributed by atoms with Gasteiger partial charge in [0.25, 0.3) is 0 Å². The molecular formula is C11H13F4NO. The van der Waals surface area contributed by atoms with Crippen molar-refractivity contribution in [2.24, 2.45) is 5.73 Å². The van der Waals surface area contributed by atoms with Crippen LogP contribution in [0.4, 0.5) is 17.6 Å². The Balaban J connectivity index is 2.77.